The zero-order chi connectivity index (χ0) is 54.0. The summed E-state index contributed by atoms with van der Waals surface area (Å²) in [5.74, 6) is 27.1. The van der Waals surface area contributed by atoms with E-state index < -0.39 is 59.4 Å². The Bertz CT molecular complexity index is 3020. The highest BCUT2D eigenvalue weighted by Crippen LogP contribution is 2.43. The second-order valence-electron chi connectivity index (χ2n) is 17.3. The summed E-state index contributed by atoms with van der Waals surface area (Å²) in [6.45, 7) is 9.80. The fourth-order valence-corrected chi connectivity index (χ4v) is 7.61. The summed E-state index contributed by atoms with van der Waals surface area (Å²) in [5, 5.41) is 30.2. The third-order valence-electron chi connectivity index (χ3n) is 11.9. The Morgan fingerprint density at radius 2 is 0.947 bits per heavy atom. The number of rotatable bonds is 16. The van der Waals surface area contributed by atoms with E-state index >= 15 is 0 Å². The minimum atomic E-state index is -1.65. The van der Waals surface area contributed by atoms with Gasteiger partial charge >= 0.3 is 6.09 Å². The minimum Gasteiger partial charge on any atom is -0.440 e. The number of hydrogen-bond acceptors (Lipinski definition) is 9. The highest BCUT2D eigenvalue weighted by Gasteiger charge is 2.56. The van der Waals surface area contributed by atoms with Crippen LogP contribution in [-0.2, 0) is 37.0 Å². The normalized spacial score (nSPS) is 14.7. The fraction of sp³-hybridized carbons (Fsp3) is 0.277. The van der Waals surface area contributed by atoms with Crippen molar-refractivity contribution in [2.45, 2.75) is 110 Å². The molecule has 0 bridgehead atoms. The van der Waals surface area contributed by atoms with Gasteiger partial charge in [0, 0.05) is 0 Å². The van der Waals surface area contributed by atoms with Gasteiger partial charge < -0.3 is 29.5 Å². The second-order valence-corrected chi connectivity index (χ2v) is 17.3. The van der Waals surface area contributed by atoms with Crippen molar-refractivity contribution in [3.63, 3.8) is 0 Å². The number of Topliss-reactive ketones (excluding diaryl/α,β-unsaturated/α-hetero) is 1. The zero-order valence-corrected chi connectivity index (χ0v) is 42.4. The Morgan fingerprint density at radius 3 is 1.32 bits per heavy atom. The number of terminal acetylenes is 2. The molecule has 0 aromatic heterocycles. The van der Waals surface area contributed by atoms with Gasteiger partial charge in [-0.15, -0.1) is 12.8 Å². The summed E-state index contributed by atoms with van der Waals surface area (Å²) in [4.78, 5) is 40.0. The first kappa shape index (κ1) is 60.7. The summed E-state index contributed by atoms with van der Waals surface area (Å²) in [6.07, 6.45) is 7.53. The minimum absolute atomic E-state index is 0. The molecule has 1 heterocycles. The molecule has 10 nitrogen and oxygen atoms in total. The van der Waals surface area contributed by atoms with Crippen molar-refractivity contribution in [3.05, 3.63) is 156 Å². The number of carbonyl (C=O) groups excluding carboxylic acids is 3. The molecule has 0 aliphatic carbocycles. The average molecular weight is 1000 g/mol. The van der Waals surface area contributed by atoms with Crippen LogP contribution < -0.4 is 0 Å². The SMILES string of the molecule is C.C#CC#CC#CC#CC#CC#CC#C.CC[C@H](O)[C@](C)(OCc1ccc(-c2ccccc2)cc1)C(=O)CO.CC[C@H](O)[C@](C)(OCc1ccc(-c2ccccc2)cc1)C(=O)N1C(=O)OC(C)(C)[C@@H]1c1ccccc1. The monoisotopic (exact) mass is 1000 g/mol. The summed E-state index contributed by atoms with van der Waals surface area (Å²) < 4.78 is 17.5. The number of hydrogen-bond donors (Lipinski definition) is 3. The van der Waals surface area contributed by atoms with Crippen molar-refractivity contribution in [1.82, 2.24) is 4.90 Å². The van der Waals surface area contributed by atoms with E-state index in [9.17, 15) is 24.6 Å². The number of carbonyl (C=O) groups is 3. The predicted molar refractivity (Wildman–Crippen MR) is 295 cm³/mol. The molecule has 1 saturated heterocycles. The van der Waals surface area contributed by atoms with Gasteiger partial charge in [0.25, 0.3) is 5.91 Å². The molecule has 5 aromatic rings. The van der Waals surface area contributed by atoms with Gasteiger partial charge in [0.2, 0.25) is 0 Å². The lowest BCUT2D eigenvalue weighted by Gasteiger charge is -2.37. The third-order valence-corrected chi connectivity index (χ3v) is 11.9. The Morgan fingerprint density at radius 1 is 0.600 bits per heavy atom. The Hall–Kier alpha value is -8.57. The van der Waals surface area contributed by atoms with Gasteiger partial charge in [0.05, 0.1) is 25.4 Å². The Balaban J connectivity index is 0.000000328. The summed E-state index contributed by atoms with van der Waals surface area (Å²) in [5.41, 5.74) is 2.92. The highest BCUT2D eigenvalue weighted by atomic mass is 16.6. The lowest BCUT2D eigenvalue weighted by atomic mass is 9.88. The van der Waals surface area contributed by atoms with E-state index in [1.807, 2.05) is 140 Å². The van der Waals surface area contributed by atoms with Gasteiger partial charge in [-0.3, -0.25) is 9.59 Å². The van der Waals surface area contributed by atoms with Gasteiger partial charge in [0.1, 0.15) is 18.2 Å². The largest absolute Gasteiger partial charge is 0.440 e. The van der Waals surface area contributed by atoms with E-state index in [0.717, 1.165) is 43.8 Å². The van der Waals surface area contributed by atoms with E-state index in [-0.39, 0.29) is 27.1 Å². The van der Waals surface area contributed by atoms with Crippen LogP contribution in [0.4, 0.5) is 4.79 Å². The molecule has 0 radical (unpaired) electrons. The van der Waals surface area contributed by atoms with Crippen molar-refractivity contribution in [1.29, 1.82) is 0 Å². The fourth-order valence-electron chi connectivity index (χ4n) is 7.61. The Labute approximate surface area is 443 Å². The van der Waals surface area contributed by atoms with E-state index in [1.54, 1.807) is 34.6 Å². The number of cyclic esters (lactones) is 1. The van der Waals surface area contributed by atoms with Crippen molar-refractivity contribution < 1.29 is 43.9 Å². The molecular weight excluding hydrogens is 939 g/mol. The number of nitrogens with zero attached hydrogens (tertiary/aromatic N) is 1. The van der Waals surface area contributed by atoms with E-state index in [0.29, 0.717) is 6.42 Å². The maximum Gasteiger partial charge on any atom is 0.417 e. The van der Waals surface area contributed by atoms with Gasteiger partial charge in [-0.1, -0.05) is 161 Å². The molecule has 0 spiro atoms. The summed E-state index contributed by atoms with van der Waals surface area (Å²) >= 11 is 0. The lowest BCUT2D eigenvalue weighted by Crippen LogP contribution is -2.57. The third kappa shape index (κ3) is 17.3. The maximum atomic E-state index is 14.0. The molecule has 1 fully saturated rings. The van der Waals surface area contributed by atoms with Crippen LogP contribution >= 0.6 is 0 Å². The average Bonchev–Trinajstić information content (AvgIpc) is 3.69. The lowest BCUT2D eigenvalue weighted by molar-refractivity contribution is -0.174. The molecule has 0 saturated carbocycles. The van der Waals surface area contributed by atoms with Gasteiger partial charge in [-0.2, -0.15) is 0 Å². The molecule has 75 heavy (non-hydrogen) atoms. The van der Waals surface area contributed by atoms with Crippen LogP contribution in [0.3, 0.4) is 0 Å². The number of benzene rings is 5. The first-order valence-corrected chi connectivity index (χ1v) is 23.7. The van der Waals surface area contributed by atoms with E-state index in [1.165, 1.54) is 6.92 Å². The molecule has 5 atom stereocenters. The maximum absolute atomic E-state index is 14.0. The van der Waals surface area contributed by atoms with Crippen LogP contribution in [0.1, 0.15) is 84.5 Å². The molecule has 0 unspecified atom stereocenters. The van der Waals surface area contributed by atoms with Crippen LogP contribution in [0.2, 0.25) is 0 Å². The number of imide groups is 1. The van der Waals surface area contributed by atoms with Gasteiger partial charge in [-0.25, -0.2) is 9.69 Å². The molecule has 2 amide bonds. The highest BCUT2D eigenvalue weighted by molar-refractivity contribution is 5.99. The van der Waals surface area contributed by atoms with Crippen LogP contribution in [0.15, 0.2) is 140 Å². The summed E-state index contributed by atoms with van der Waals surface area (Å²) in [6, 6.07) is 44.4. The quantitative estimate of drug-likeness (QED) is 0.0824. The predicted octanol–water partition coefficient (Wildman–Crippen LogP) is 9.77. The first-order valence-electron chi connectivity index (χ1n) is 23.7. The smallest absolute Gasteiger partial charge is 0.417 e. The second kappa shape index (κ2) is 30.5. The summed E-state index contributed by atoms with van der Waals surface area (Å²) in [7, 11) is 0. The molecule has 10 heteroatoms. The van der Waals surface area contributed by atoms with E-state index in [2.05, 4.69) is 71.0 Å². The van der Waals surface area contributed by atoms with Gasteiger partial charge in [0.15, 0.2) is 17.0 Å². The molecule has 3 N–H and O–H groups in total. The number of aliphatic hydroxyl groups excluding tert-OH is 3. The zero-order valence-electron chi connectivity index (χ0n) is 42.4. The molecule has 1 aliphatic rings. The van der Waals surface area contributed by atoms with Gasteiger partial charge in [-0.05, 0) is 151 Å². The van der Waals surface area contributed by atoms with Crippen LogP contribution in [0, 0.1) is 83.9 Å². The van der Waals surface area contributed by atoms with Crippen LogP contribution in [0.25, 0.3) is 22.3 Å². The van der Waals surface area contributed by atoms with Crippen molar-refractivity contribution >= 4 is 17.8 Å². The standard InChI is InChI=1S/C30H33NO5.C20H24O4.C14H2.CH4/c1-5-25(32)30(4,35-20-21-16-18-23(19-17-21)22-12-8-6-9-13-22)27(33)31-26(24-14-10-7-11-15-24)29(2,3)36-28(31)34;1-3-18(22)20(2,19(23)13-21)24-14-15-9-11-17(12-10-15)16-7-5-4-6-8-16;1-3-5-7-9-11-13-14-12-10-8-6-4-2;/h6-19,25-26,32H,5,20H2,1-4H3;4-12,18,21-22H,3,13-14H2,1-2H3;1-2H;1H4/t25-,26-,30-;18-,20-;;/m00../s1. The van der Waals surface area contributed by atoms with Crippen molar-refractivity contribution in [3.8, 4) is 106 Å². The van der Waals surface area contributed by atoms with Crippen molar-refractivity contribution in [2.24, 2.45) is 0 Å². The topological polar surface area (TPSA) is 143 Å². The van der Waals surface area contributed by atoms with Crippen molar-refractivity contribution in [2.75, 3.05) is 6.61 Å². The molecule has 1 aliphatic heterocycles. The Kier molecular flexibility index (Phi) is 24.7. The number of ether oxygens (including phenoxy) is 3. The number of aliphatic hydroxyl groups is 3. The molecular formula is C65H63NO9. The molecule has 6 rings (SSSR count). The van der Waals surface area contributed by atoms with Crippen LogP contribution in [0.5, 0.6) is 0 Å². The molecule has 382 valence electrons. The number of ketones is 1. The number of amides is 2. The van der Waals surface area contributed by atoms with E-state index in [4.69, 9.17) is 32.2 Å². The molecule has 5 aromatic carbocycles. The van der Waals surface area contributed by atoms with Crippen LogP contribution in [-0.4, -0.2) is 73.6 Å². The first-order chi connectivity index (χ1) is 35.6.